The number of hydrogen-bond acceptors (Lipinski definition) is 4. The zero-order valence-corrected chi connectivity index (χ0v) is 12.1. The van der Waals surface area contributed by atoms with Crippen LogP contribution < -0.4 is 0 Å². The lowest BCUT2D eigenvalue weighted by atomic mass is 9.79. The van der Waals surface area contributed by atoms with Gasteiger partial charge in [-0.3, -0.25) is 0 Å². The van der Waals surface area contributed by atoms with Crippen LogP contribution in [-0.2, 0) is 16.3 Å². The molecule has 0 atom stereocenters. The van der Waals surface area contributed by atoms with Gasteiger partial charge in [-0.1, -0.05) is 30.3 Å². The molecule has 0 bridgehead atoms. The molecule has 0 unspecified atom stereocenters. The van der Waals surface area contributed by atoms with E-state index in [4.69, 9.17) is 0 Å². The summed E-state index contributed by atoms with van der Waals surface area (Å²) in [6.45, 7) is -0.301. The topological polar surface area (TPSA) is 74.6 Å². The largest absolute Gasteiger partial charge is 0.396 e. The van der Waals surface area contributed by atoms with E-state index in [9.17, 15) is 18.6 Å². The molecule has 1 aromatic carbocycles. The summed E-state index contributed by atoms with van der Waals surface area (Å²) >= 11 is 0. The van der Waals surface area contributed by atoms with E-state index >= 15 is 0 Å². The summed E-state index contributed by atoms with van der Waals surface area (Å²) in [7, 11) is -3.00. The van der Waals surface area contributed by atoms with Crippen LogP contribution in [0, 0.1) is 5.41 Å². The molecule has 19 heavy (non-hydrogen) atoms. The fourth-order valence-electron chi connectivity index (χ4n) is 2.15. The Morgan fingerprint density at radius 3 is 2.16 bits per heavy atom. The first-order valence-electron chi connectivity index (χ1n) is 6.34. The average molecular weight is 286 g/mol. The van der Waals surface area contributed by atoms with E-state index in [1.165, 1.54) is 6.26 Å². The van der Waals surface area contributed by atoms with Gasteiger partial charge in [0.05, 0.1) is 13.2 Å². The molecule has 1 rings (SSSR count). The summed E-state index contributed by atoms with van der Waals surface area (Å²) in [6.07, 6.45) is 2.68. The molecule has 0 saturated carbocycles. The Kier molecular flexibility index (Phi) is 5.97. The van der Waals surface area contributed by atoms with Gasteiger partial charge in [0.1, 0.15) is 9.84 Å². The smallest absolute Gasteiger partial charge is 0.147 e. The van der Waals surface area contributed by atoms with Crippen molar-refractivity contribution in [3.63, 3.8) is 0 Å². The molecule has 4 nitrogen and oxygen atoms in total. The normalized spacial score (nSPS) is 12.6. The van der Waals surface area contributed by atoms with E-state index in [1.807, 2.05) is 30.3 Å². The van der Waals surface area contributed by atoms with Crippen LogP contribution in [0.25, 0.3) is 0 Å². The van der Waals surface area contributed by atoms with Crippen LogP contribution in [0.2, 0.25) is 0 Å². The first-order valence-corrected chi connectivity index (χ1v) is 8.40. The third-order valence-corrected chi connectivity index (χ3v) is 4.35. The summed E-state index contributed by atoms with van der Waals surface area (Å²) in [5.74, 6) is 0.0868. The van der Waals surface area contributed by atoms with Gasteiger partial charge in [-0.25, -0.2) is 8.42 Å². The molecule has 108 valence electrons. The predicted molar refractivity (Wildman–Crippen MR) is 75.7 cm³/mol. The highest BCUT2D eigenvalue weighted by Gasteiger charge is 2.29. The number of benzene rings is 1. The van der Waals surface area contributed by atoms with Gasteiger partial charge in [0.15, 0.2) is 0 Å². The molecule has 0 aromatic heterocycles. The third kappa shape index (κ3) is 5.72. The first kappa shape index (κ1) is 16.1. The maximum atomic E-state index is 11.1. The van der Waals surface area contributed by atoms with E-state index in [0.29, 0.717) is 19.3 Å². The molecule has 0 spiro atoms. The summed E-state index contributed by atoms with van der Waals surface area (Å²) < 4.78 is 22.3. The molecule has 0 saturated heterocycles. The zero-order chi connectivity index (χ0) is 14.4. The van der Waals surface area contributed by atoms with E-state index in [2.05, 4.69) is 0 Å². The minimum Gasteiger partial charge on any atom is -0.396 e. The fraction of sp³-hybridized carbons (Fsp3) is 0.571. The van der Waals surface area contributed by atoms with E-state index in [1.54, 1.807) is 0 Å². The SMILES string of the molecule is CS(=O)(=O)CCCC(CO)(CO)Cc1ccccc1. The van der Waals surface area contributed by atoms with Crippen molar-refractivity contribution in [2.75, 3.05) is 25.2 Å². The second-order valence-electron chi connectivity index (χ2n) is 5.21. The molecular formula is C14H22O4S. The van der Waals surface area contributed by atoms with Gasteiger partial charge in [0.25, 0.3) is 0 Å². The summed E-state index contributed by atoms with van der Waals surface area (Å²) in [4.78, 5) is 0. The van der Waals surface area contributed by atoms with Crippen molar-refractivity contribution in [3.8, 4) is 0 Å². The number of rotatable bonds is 8. The molecule has 2 N–H and O–H groups in total. The summed E-state index contributed by atoms with van der Waals surface area (Å²) in [5, 5.41) is 19.1. The highest BCUT2D eigenvalue weighted by molar-refractivity contribution is 7.90. The second kappa shape index (κ2) is 7.03. The Hall–Kier alpha value is -0.910. The monoisotopic (exact) mass is 286 g/mol. The standard InChI is InChI=1S/C14H22O4S/c1-19(17,18)9-5-8-14(11-15,12-16)10-13-6-3-2-4-7-13/h2-4,6-7,15-16H,5,8-12H2,1H3. The van der Waals surface area contributed by atoms with Crippen LogP contribution in [-0.4, -0.2) is 43.9 Å². The molecule has 0 aliphatic heterocycles. The molecule has 0 aliphatic carbocycles. The Morgan fingerprint density at radius 2 is 1.68 bits per heavy atom. The van der Waals surface area contributed by atoms with E-state index < -0.39 is 15.3 Å². The molecule has 0 aliphatic rings. The molecule has 0 radical (unpaired) electrons. The van der Waals surface area contributed by atoms with Crippen LogP contribution in [0.3, 0.4) is 0 Å². The van der Waals surface area contributed by atoms with E-state index in [-0.39, 0.29) is 19.0 Å². The molecule has 0 fully saturated rings. The Balaban J connectivity index is 2.68. The van der Waals surface area contributed by atoms with Gasteiger partial charge >= 0.3 is 0 Å². The lowest BCUT2D eigenvalue weighted by molar-refractivity contribution is 0.0468. The lowest BCUT2D eigenvalue weighted by Crippen LogP contribution is -2.33. The quantitative estimate of drug-likeness (QED) is 0.748. The van der Waals surface area contributed by atoms with Crippen LogP contribution in [0.4, 0.5) is 0 Å². The van der Waals surface area contributed by atoms with Crippen molar-refractivity contribution in [3.05, 3.63) is 35.9 Å². The first-order chi connectivity index (χ1) is 8.91. The Morgan fingerprint density at radius 1 is 1.11 bits per heavy atom. The minimum absolute atomic E-state index is 0.0868. The maximum Gasteiger partial charge on any atom is 0.147 e. The minimum atomic E-state index is -3.00. The van der Waals surface area contributed by atoms with Gasteiger partial charge in [-0.15, -0.1) is 0 Å². The summed E-state index contributed by atoms with van der Waals surface area (Å²) in [5.41, 5.74) is 0.386. The number of hydrogen-bond donors (Lipinski definition) is 2. The van der Waals surface area contributed by atoms with Crippen LogP contribution in [0.15, 0.2) is 30.3 Å². The highest BCUT2D eigenvalue weighted by atomic mass is 32.2. The van der Waals surface area contributed by atoms with Crippen molar-refractivity contribution in [2.45, 2.75) is 19.3 Å². The van der Waals surface area contributed by atoms with Crippen molar-refractivity contribution >= 4 is 9.84 Å². The van der Waals surface area contributed by atoms with Crippen LogP contribution in [0.5, 0.6) is 0 Å². The van der Waals surface area contributed by atoms with E-state index in [0.717, 1.165) is 5.56 Å². The third-order valence-electron chi connectivity index (χ3n) is 3.32. The van der Waals surface area contributed by atoms with Gasteiger partial charge in [-0.05, 0) is 24.8 Å². The van der Waals surface area contributed by atoms with Crippen molar-refractivity contribution in [2.24, 2.45) is 5.41 Å². The van der Waals surface area contributed by atoms with Gasteiger partial charge in [0.2, 0.25) is 0 Å². The Labute approximate surface area is 115 Å². The van der Waals surface area contributed by atoms with Crippen LogP contribution >= 0.6 is 0 Å². The zero-order valence-electron chi connectivity index (χ0n) is 11.2. The lowest BCUT2D eigenvalue weighted by Gasteiger charge is -2.30. The number of aliphatic hydroxyl groups excluding tert-OH is 2. The molecule has 1 aromatic rings. The molecule has 0 amide bonds. The Bertz CT molecular complexity index is 463. The second-order valence-corrected chi connectivity index (χ2v) is 7.47. The van der Waals surface area contributed by atoms with Gasteiger partial charge in [-0.2, -0.15) is 0 Å². The average Bonchev–Trinajstić information content (AvgIpc) is 2.37. The molecular weight excluding hydrogens is 264 g/mol. The highest BCUT2D eigenvalue weighted by Crippen LogP contribution is 2.28. The number of sulfone groups is 1. The fourth-order valence-corrected chi connectivity index (χ4v) is 2.82. The van der Waals surface area contributed by atoms with Gasteiger partial charge < -0.3 is 10.2 Å². The van der Waals surface area contributed by atoms with Crippen molar-refractivity contribution in [1.82, 2.24) is 0 Å². The predicted octanol–water partition coefficient (Wildman–Crippen LogP) is 1.02. The molecule has 5 heteroatoms. The van der Waals surface area contributed by atoms with Gasteiger partial charge in [0, 0.05) is 17.4 Å². The maximum absolute atomic E-state index is 11.1. The van der Waals surface area contributed by atoms with Crippen molar-refractivity contribution < 1.29 is 18.6 Å². The summed E-state index contributed by atoms with van der Waals surface area (Å²) in [6, 6.07) is 9.61. The van der Waals surface area contributed by atoms with Crippen molar-refractivity contribution in [1.29, 1.82) is 0 Å². The number of aliphatic hydroxyl groups is 2. The van der Waals surface area contributed by atoms with Crippen LogP contribution in [0.1, 0.15) is 18.4 Å². The molecule has 0 heterocycles.